The standard InChI is InChI=1S/C11H14Cl2N2O2/c1-17-7-9(13)4-5-14-11(16)10-3-2-8(12)6-15-10/h2-3,6,9H,4-5,7H2,1H3,(H,14,16). The van der Waals surface area contributed by atoms with Gasteiger partial charge in [-0.15, -0.1) is 11.6 Å². The van der Waals surface area contributed by atoms with Gasteiger partial charge in [-0.2, -0.15) is 0 Å². The zero-order valence-electron chi connectivity index (χ0n) is 9.45. The smallest absolute Gasteiger partial charge is 0.269 e. The minimum Gasteiger partial charge on any atom is -0.383 e. The fourth-order valence-electron chi connectivity index (χ4n) is 1.21. The highest BCUT2D eigenvalue weighted by molar-refractivity contribution is 6.30. The number of pyridine rings is 1. The van der Waals surface area contributed by atoms with Crippen molar-refractivity contribution in [3.63, 3.8) is 0 Å². The minimum absolute atomic E-state index is 0.0986. The molecule has 4 nitrogen and oxygen atoms in total. The van der Waals surface area contributed by atoms with Gasteiger partial charge >= 0.3 is 0 Å². The largest absolute Gasteiger partial charge is 0.383 e. The van der Waals surface area contributed by atoms with E-state index in [1.54, 1.807) is 19.2 Å². The number of amides is 1. The van der Waals surface area contributed by atoms with E-state index in [1.165, 1.54) is 6.20 Å². The Morgan fingerprint density at radius 3 is 2.94 bits per heavy atom. The molecule has 0 aliphatic carbocycles. The van der Waals surface area contributed by atoms with Gasteiger partial charge < -0.3 is 10.1 Å². The normalized spacial score (nSPS) is 12.2. The zero-order chi connectivity index (χ0) is 12.7. The molecule has 0 aliphatic heterocycles. The van der Waals surface area contributed by atoms with E-state index in [1.807, 2.05) is 0 Å². The van der Waals surface area contributed by atoms with Crippen LogP contribution in [-0.2, 0) is 4.74 Å². The van der Waals surface area contributed by atoms with Crippen LogP contribution in [-0.4, -0.2) is 36.5 Å². The van der Waals surface area contributed by atoms with Crippen LogP contribution in [0.2, 0.25) is 5.02 Å². The first-order chi connectivity index (χ1) is 8.13. The summed E-state index contributed by atoms with van der Waals surface area (Å²) < 4.78 is 4.89. The Balaban J connectivity index is 2.32. The second-order valence-electron chi connectivity index (χ2n) is 3.46. The third kappa shape index (κ3) is 5.35. The second kappa shape index (κ2) is 7.48. The number of rotatable bonds is 6. The second-order valence-corrected chi connectivity index (χ2v) is 4.51. The molecular weight excluding hydrogens is 263 g/mol. The maximum atomic E-state index is 11.6. The Morgan fingerprint density at radius 1 is 1.59 bits per heavy atom. The van der Waals surface area contributed by atoms with Crippen LogP contribution in [0.1, 0.15) is 16.9 Å². The molecule has 1 aromatic rings. The quantitative estimate of drug-likeness (QED) is 0.810. The molecule has 1 amide bonds. The maximum Gasteiger partial charge on any atom is 0.269 e. The van der Waals surface area contributed by atoms with Crippen LogP contribution in [0, 0.1) is 0 Å². The van der Waals surface area contributed by atoms with E-state index < -0.39 is 0 Å². The lowest BCUT2D eigenvalue weighted by atomic mass is 10.3. The number of halogens is 2. The Hall–Kier alpha value is -0.840. The van der Waals surface area contributed by atoms with Gasteiger partial charge in [0.1, 0.15) is 5.69 Å². The van der Waals surface area contributed by atoms with Crippen LogP contribution >= 0.6 is 23.2 Å². The topological polar surface area (TPSA) is 51.2 Å². The lowest BCUT2D eigenvalue weighted by Gasteiger charge is -2.08. The molecule has 1 unspecified atom stereocenters. The molecule has 1 heterocycles. The summed E-state index contributed by atoms with van der Waals surface area (Å²) in [4.78, 5) is 15.5. The predicted molar refractivity (Wildman–Crippen MR) is 67.7 cm³/mol. The maximum absolute atomic E-state index is 11.6. The molecule has 0 aromatic carbocycles. The average molecular weight is 277 g/mol. The molecule has 1 N–H and O–H groups in total. The third-order valence-corrected chi connectivity index (χ3v) is 2.62. The predicted octanol–water partition coefficient (Wildman–Crippen LogP) is 2.11. The molecule has 1 atom stereocenters. The highest BCUT2D eigenvalue weighted by Gasteiger charge is 2.08. The van der Waals surface area contributed by atoms with Gasteiger partial charge in [0, 0.05) is 19.9 Å². The third-order valence-electron chi connectivity index (χ3n) is 2.05. The summed E-state index contributed by atoms with van der Waals surface area (Å²) in [6, 6.07) is 3.20. The Kier molecular flexibility index (Phi) is 6.26. The van der Waals surface area contributed by atoms with Crippen molar-refractivity contribution < 1.29 is 9.53 Å². The summed E-state index contributed by atoms with van der Waals surface area (Å²) in [6.07, 6.45) is 2.08. The molecule has 94 valence electrons. The Bertz CT molecular complexity index is 357. The van der Waals surface area contributed by atoms with Crippen molar-refractivity contribution in [1.29, 1.82) is 0 Å². The molecule has 6 heteroatoms. The average Bonchev–Trinajstić information content (AvgIpc) is 2.30. The van der Waals surface area contributed by atoms with Gasteiger partial charge in [-0.25, -0.2) is 4.98 Å². The molecule has 17 heavy (non-hydrogen) atoms. The van der Waals surface area contributed by atoms with Crippen LogP contribution in [0.5, 0.6) is 0 Å². The van der Waals surface area contributed by atoms with Crippen molar-refractivity contribution in [2.45, 2.75) is 11.8 Å². The molecule has 0 aliphatic rings. The Morgan fingerprint density at radius 2 is 2.35 bits per heavy atom. The first kappa shape index (κ1) is 14.2. The van der Waals surface area contributed by atoms with Crippen LogP contribution < -0.4 is 5.32 Å². The number of carbonyl (C=O) groups is 1. The number of nitrogens with zero attached hydrogens (tertiary/aromatic N) is 1. The first-order valence-corrected chi connectivity index (χ1v) is 5.97. The van der Waals surface area contributed by atoms with Gasteiger partial charge in [0.2, 0.25) is 0 Å². The van der Waals surface area contributed by atoms with Gasteiger partial charge in [0.05, 0.1) is 17.0 Å². The van der Waals surface area contributed by atoms with Gasteiger partial charge in [0.15, 0.2) is 0 Å². The summed E-state index contributed by atoms with van der Waals surface area (Å²) in [5.41, 5.74) is 0.340. The van der Waals surface area contributed by atoms with E-state index in [0.717, 1.165) is 0 Å². The van der Waals surface area contributed by atoms with E-state index in [-0.39, 0.29) is 11.3 Å². The molecule has 1 rings (SSSR count). The van der Waals surface area contributed by atoms with Crippen LogP contribution in [0.25, 0.3) is 0 Å². The Labute approximate surface area is 110 Å². The van der Waals surface area contributed by atoms with Crippen molar-refractivity contribution in [3.8, 4) is 0 Å². The van der Waals surface area contributed by atoms with Gasteiger partial charge in [-0.3, -0.25) is 4.79 Å². The summed E-state index contributed by atoms with van der Waals surface area (Å²) >= 11 is 11.6. The molecule has 0 saturated heterocycles. The van der Waals surface area contributed by atoms with Crippen LogP contribution in [0.3, 0.4) is 0 Å². The van der Waals surface area contributed by atoms with E-state index >= 15 is 0 Å². The van der Waals surface area contributed by atoms with Gasteiger partial charge in [-0.1, -0.05) is 11.6 Å². The number of alkyl halides is 1. The number of carbonyl (C=O) groups excluding carboxylic acids is 1. The molecular formula is C11H14Cl2N2O2. The number of ether oxygens (including phenoxy) is 1. The fourth-order valence-corrected chi connectivity index (χ4v) is 1.55. The molecule has 1 aromatic heterocycles. The van der Waals surface area contributed by atoms with Crippen LogP contribution in [0.4, 0.5) is 0 Å². The van der Waals surface area contributed by atoms with Gasteiger partial charge in [0.25, 0.3) is 5.91 Å². The summed E-state index contributed by atoms with van der Waals surface area (Å²) in [5, 5.41) is 3.13. The SMILES string of the molecule is COCC(Cl)CCNC(=O)c1ccc(Cl)cn1. The summed E-state index contributed by atoms with van der Waals surface area (Å²) in [7, 11) is 1.59. The van der Waals surface area contributed by atoms with Crippen molar-refractivity contribution in [2.24, 2.45) is 0 Å². The molecule has 0 bridgehead atoms. The summed E-state index contributed by atoms with van der Waals surface area (Å²) in [6.45, 7) is 0.956. The van der Waals surface area contributed by atoms with E-state index in [2.05, 4.69) is 10.3 Å². The van der Waals surface area contributed by atoms with Crippen molar-refractivity contribution in [3.05, 3.63) is 29.0 Å². The van der Waals surface area contributed by atoms with Crippen molar-refractivity contribution in [1.82, 2.24) is 10.3 Å². The summed E-state index contributed by atoms with van der Waals surface area (Å²) in [5.74, 6) is -0.233. The van der Waals surface area contributed by atoms with Crippen molar-refractivity contribution in [2.75, 3.05) is 20.3 Å². The van der Waals surface area contributed by atoms with E-state index in [9.17, 15) is 4.79 Å². The number of hydrogen-bond donors (Lipinski definition) is 1. The van der Waals surface area contributed by atoms with Gasteiger partial charge in [-0.05, 0) is 18.6 Å². The number of methoxy groups -OCH3 is 1. The number of hydrogen-bond acceptors (Lipinski definition) is 3. The molecule has 0 radical (unpaired) electrons. The zero-order valence-corrected chi connectivity index (χ0v) is 11.0. The number of aromatic nitrogens is 1. The lowest BCUT2D eigenvalue weighted by Crippen LogP contribution is -2.27. The minimum atomic E-state index is -0.233. The first-order valence-electron chi connectivity index (χ1n) is 5.16. The molecule has 0 saturated carbocycles. The lowest BCUT2D eigenvalue weighted by molar-refractivity contribution is 0.0947. The van der Waals surface area contributed by atoms with E-state index in [4.69, 9.17) is 27.9 Å². The fraction of sp³-hybridized carbons (Fsp3) is 0.455. The van der Waals surface area contributed by atoms with E-state index in [0.29, 0.717) is 30.3 Å². The van der Waals surface area contributed by atoms with Crippen LogP contribution in [0.15, 0.2) is 18.3 Å². The number of nitrogens with one attached hydrogen (secondary N) is 1. The highest BCUT2D eigenvalue weighted by Crippen LogP contribution is 2.06. The molecule has 0 fully saturated rings. The monoisotopic (exact) mass is 276 g/mol. The molecule has 0 spiro atoms. The van der Waals surface area contributed by atoms with Crippen molar-refractivity contribution >= 4 is 29.1 Å². The highest BCUT2D eigenvalue weighted by atomic mass is 35.5.